The van der Waals surface area contributed by atoms with Gasteiger partial charge in [-0.3, -0.25) is 19.3 Å². The Labute approximate surface area is 274 Å². The molecule has 2 aromatic heterocycles. The Bertz CT molecular complexity index is 1570. The second kappa shape index (κ2) is 14.8. The Hall–Kier alpha value is -4.37. The van der Waals surface area contributed by atoms with Crippen molar-refractivity contribution in [1.29, 1.82) is 0 Å². The number of hydrogen-bond donors (Lipinski definition) is 5. The summed E-state index contributed by atoms with van der Waals surface area (Å²) in [5, 5.41) is 30.7. The summed E-state index contributed by atoms with van der Waals surface area (Å²) in [5.74, 6) is 4.18. The van der Waals surface area contributed by atoms with Crippen molar-refractivity contribution in [2.45, 2.75) is 56.3 Å². The van der Waals surface area contributed by atoms with E-state index in [9.17, 15) is 29.1 Å². The molecular formula is C25H32N10O8S3. The minimum Gasteiger partial charge on any atom is -0.477 e. The number of rotatable bonds is 14. The topological polar surface area (TPSA) is 245 Å². The molecule has 1 saturated heterocycles. The molecule has 4 amide bonds. The standard InChI is InChI=1S/C25H32N10O8S3/c1-12-31-32-23(35(12)26)46-9-13-8-44-20-16(19(38)34(20)17(13)21(39)40)30-18(37)15(14-10-45-22(29-14)28-11-36)33-42-7-5-6-27-24(41)43-25(2,3)4/h10-11,16,20H,5-9,26H2,1-4H3,(H,27,41)(H,30,37)(H,39,40)(H,28,29,36)/t16?,20-/m1/s1. The van der Waals surface area contributed by atoms with Gasteiger partial charge in [0.25, 0.3) is 11.8 Å². The average molecular weight is 697 g/mol. The van der Waals surface area contributed by atoms with Gasteiger partial charge in [0.1, 0.15) is 40.8 Å². The number of nitrogens with two attached hydrogens (primary N) is 1. The molecule has 0 aromatic carbocycles. The number of aryl methyl sites for hydroxylation is 1. The van der Waals surface area contributed by atoms with Crippen LogP contribution in [-0.4, -0.2) is 108 Å². The van der Waals surface area contributed by atoms with Crippen molar-refractivity contribution in [2.75, 3.05) is 35.8 Å². The first-order chi connectivity index (χ1) is 21.8. The highest BCUT2D eigenvalue weighted by Gasteiger charge is 2.54. The summed E-state index contributed by atoms with van der Waals surface area (Å²) < 4.78 is 6.45. The van der Waals surface area contributed by atoms with Crippen LogP contribution in [0, 0.1) is 6.92 Å². The second-order valence-electron chi connectivity index (χ2n) is 10.7. The fourth-order valence-corrected chi connectivity index (χ4v) is 7.10. The number of carbonyl (C=O) groups excluding carboxylic acids is 4. The van der Waals surface area contributed by atoms with Crippen molar-refractivity contribution in [3.8, 4) is 0 Å². The van der Waals surface area contributed by atoms with Gasteiger partial charge in [-0.05, 0) is 33.3 Å². The Morgan fingerprint density at radius 3 is 2.72 bits per heavy atom. The van der Waals surface area contributed by atoms with Gasteiger partial charge in [-0.15, -0.1) is 33.3 Å². The van der Waals surface area contributed by atoms with Gasteiger partial charge >= 0.3 is 12.1 Å². The summed E-state index contributed by atoms with van der Waals surface area (Å²) in [5.41, 5.74) is -0.505. The van der Waals surface area contributed by atoms with Crippen LogP contribution in [0.15, 0.2) is 27.0 Å². The van der Waals surface area contributed by atoms with Crippen molar-refractivity contribution in [1.82, 2.24) is 35.4 Å². The van der Waals surface area contributed by atoms with E-state index in [4.69, 9.17) is 15.4 Å². The number of fused-ring (bicyclic) bond motifs is 1. The van der Waals surface area contributed by atoms with Crippen molar-refractivity contribution in [3.63, 3.8) is 0 Å². The second-order valence-corrected chi connectivity index (χ2v) is 13.6. The lowest BCUT2D eigenvalue weighted by Crippen LogP contribution is -2.71. The highest BCUT2D eigenvalue weighted by atomic mass is 32.2. The molecule has 2 atom stereocenters. The third kappa shape index (κ3) is 8.26. The Morgan fingerprint density at radius 2 is 2.07 bits per heavy atom. The lowest BCUT2D eigenvalue weighted by atomic mass is 10.0. The molecule has 21 heteroatoms. The maximum Gasteiger partial charge on any atom is 0.407 e. The molecule has 2 aliphatic heterocycles. The molecule has 248 valence electrons. The van der Waals surface area contributed by atoms with Crippen LogP contribution >= 0.6 is 34.9 Å². The summed E-state index contributed by atoms with van der Waals surface area (Å²) in [6.45, 7) is 7.13. The molecule has 4 heterocycles. The molecule has 0 aliphatic carbocycles. The number of thiazole rings is 1. The van der Waals surface area contributed by atoms with E-state index in [1.165, 1.54) is 33.6 Å². The Balaban J connectivity index is 1.41. The number of nitrogen functional groups attached to an aromatic ring is 1. The van der Waals surface area contributed by atoms with Gasteiger partial charge < -0.3 is 36.5 Å². The minimum atomic E-state index is -1.28. The number of β-lactam (4-membered cyclic amide) rings is 1. The molecule has 1 fully saturated rings. The SMILES string of the molecule is Cc1nnc(SCC2=C(C(=O)O)N3C(=O)C(NC(=O)C(=NOCCCNC(=O)OC(C)(C)C)c4csc(NC=O)n4)[C@H]3SC2)n1N. The minimum absolute atomic E-state index is 0.0123. The van der Waals surface area contributed by atoms with E-state index >= 15 is 0 Å². The van der Waals surface area contributed by atoms with E-state index in [1.54, 1.807) is 27.7 Å². The maximum absolute atomic E-state index is 13.4. The number of amides is 4. The average Bonchev–Trinajstić information content (AvgIpc) is 3.58. The lowest BCUT2D eigenvalue weighted by molar-refractivity contribution is -0.150. The van der Waals surface area contributed by atoms with Crippen LogP contribution < -0.4 is 21.8 Å². The summed E-state index contributed by atoms with van der Waals surface area (Å²) in [6, 6.07) is -1.05. The molecule has 0 spiro atoms. The lowest BCUT2D eigenvalue weighted by Gasteiger charge is -2.49. The first kappa shape index (κ1) is 34.5. The predicted octanol–water partition coefficient (Wildman–Crippen LogP) is 0.492. The monoisotopic (exact) mass is 696 g/mol. The van der Waals surface area contributed by atoms with Crippen molar-refractivity contribution in [2.24, 2.45) is 5.16 Å². The van der Waals surface area contributed by atoms with E-state index in [2.05, 4.69) is 36.3 Å². The summed E-state index contributed by atoms with van der Waals surface area (Å²) >= 11 is 3.53. The van der Waals surface area contributed by atoms with E-state index in [-0.39, 0.29) is 46.9 Å². The summed E-state index contributed by atoms with van der Waals surface area (Å²) in [6.07, 6.45) is 0.170. The number of aromatic nitrogens is 4. The van der Waals surface area contributed by atoms with E-state index in [0.717, 1.165) is 16.2 Å². The van der Waals surface area contributed by atoms with Gasteiger partial charge in [-0.25, -0.2) is 19.2 Å². The molecular weight excluding hydrogens is 665 g/mol. The Kier molecular flexibility index (Phi) is 11.1. The van der Waals surface area contributed by atoms with E-state index in [0.29, 0.717) is 29.4 Å². The van der Waals surface area contributed by atoms with Gasteiger partial charge in [0.05, 0.1) is 0 Å². The molecule has 2 aromatic rings. The number of aliphatic carboxylic acids is 1. The first-order valence-corrected chi connectivity index (χ1v) is 16.6. The number of nitrogens with one attached hydrogen (secondary N) is 3. The van der Waals surface area contributed by atoms with Gasteiger partial charge in [-0.1, -0.05) is 16.9 Å². The predicted molar refractivity (Wildman–Crippen MR) is 168 cm³/mol. The number of alkyl carbamates (subject to hydrolysis) is 1. The van der Waals surface area contributed by atoms with Crippen LogP contribution in [0.3, 0.4) is 0 Å². The largest absolute Gasteiger partial charge is 0.477 e. The number of carboxylic acids is 1. The molecule has 18 nitrogen and oxygen atoms in total. The molecule has 46 heavy (non-hydrogen) atoms. The maximum atomic E-state index is 13.4. The highest BCUT2D eigenvalue weighted by molar-refractivity contribution is 8.01. The molecule has 2 aliphatic rings. The third-order valence-corrected chi connectivity index (χ3v) is 9.27. The normalized spacial score (nSPS) is 18.0. The molecule has 1 unspecified atom stereocenters. The molecule has 6 N–H and O–H groups in total. The molecule has 4 rings (SSSR count). The zero-order valence-corrected chi connectivity index (χ0v) is 27.6. The van der Waals surface area contributed by atoms with Crippen LogP contribution in [0.1, 0.15) is 38.7 Å². The van der Waals surface area contributed by atoms with Gasteiger partial charge in [0, 0.05) is 29.9 Å². The number of hydrogen-bond acceptors (Lipinski definition) is 15. The van der Waals surface area contributed by atoms with Crippen LogP contribution in [0.2, 0.25) is 0 Å². The summed E-state index contributed by atoms with van der Waals surface area (Å²) in [7, 11) is 0. The van der Waals surface area contributed by atoms with Crippen molar-refractivity contribution >= 4 is 76.0 Å². The van der Waals surface area contributed by atoms with E-state index in [1.807, 2.05) is 0 Å². The zero-order chi connectivity index (χ0) is 33.6. The number of oxime groups is 1. The number of carboxylic acid groups (broad SMARTS) is 1. The van der Waals surface area contributed by atoms with Gasteiger partial charge in [0.2, 0.25) is 11.6 Å². The number of thioether (sulfide) groups is 2. The fourth-order valence-electron chi connectivity index (χ4n) is 4.06. The third-order valence-electron chi connectivity index (χ3n) is 6.13. The Morgan fingerprint density at radius 1 is 1.30 bits per heavy atom. The number of ether oxygens (including phenoxy) is 1. The van der Waals surface area contributed by atoms with Crippen LogP contribution in [0.25, 0.3) is 0 Å². The highest BCUT2D eigenvalue weighted by Crippen LogP contribution is 2.41. The van der Waals surface area contributed by atoms with E-state index < -0.39 is 40.9 Å². The quantitative estimate of drug-likeness (QED) is 0.0343. The number of nitrogens with zero attached hydrogens (tertiary/aromatic N) is 6. The number of carbonyl (C=O) groups is 5. The van der Waals surface area contributed by atoms with Crippen molar-refractivity contribution < 1.29 is 38.7 Å². The zero-order valence-electron chi connectivity index (χ0n) is 25.1. The van der Waals surface area contributed by atoms with Gasteiger partial charge in [0.15, 0.2) is 10.8 Å². The van der Waals surface area contributed by atoms with Crippen LogP contribution in [-0.2, 0) is 28.8 Å². The van der Waals surface area contributed by atoms with Crippen LogP contribution in [0.4, 0.5) is 9.93 Å². The smallest absolute Gasteiger partial charge is 0.407 e. The molecule has 0 saturated carbocycles. The number of anilines is 1. The van der Waals surface area contributed by atoms with Gasteiger partial charge in [-0.2, -0.15) is 0 Å². The molecule has 0 bridgehead atoms. The first-order valence-electron chi connectivity index (χ1n) is 13.6. The van der Waals surface area contributed by atoms with Crippen molar-refractivity contribution in [3.05, 3.63) is 28.2 Å². The fraction of sp³-hybridized carbons (Fsp3) is 0.480. The molecule has 0 radical (unpaired) electrons. The van der Waals surface area contributed by atoms with Crippen LogP contribution in [0.5, 0.6) is 0 Å². The summed E-state index contributed by atoms with van der Waals surface area (Å²) in [4.78, 5) is 72.1.